The second-order valence-electron chi connectivity index (χ2n) is 8.57. The Kier molecular flexibility index (Phi) is 6.84. The molecule has 0 radical (unpaired) electrons. The maximum atomic E-state index is 13.4. The number of carbonyl (C=O) groups is 1. The van der Waals surface area contributed by atoms with Crippen molar-refractivity contribution in [3.8, 4) is 22.6 Å². The van der Waals surface area contributed by atoms with Gasteiger partial charge in [-0.05, 0) is 43.2 Å². The number of aromatic nitrogens is 2. The van der Waals surface area contributed by atoms with E-state index in [9.17, 15) is 13.2 Å². The lowest BCUT2D eigenvalue weighted by Gasteiger charge is -2.24. The number of hydrogen-bond donors (Lipinski definition) is 1. The molecule has 0 aliphatic heterocycles. The third-order valence-electron chi connectivity index (χ3n) is 5.75. The first-order valence-electron chi connectivity index (χ1n) is 11.1. The second-order valence-corrected chi connectivity index (χ2v) is 10.2. The monoisotopic (exact) mass is 509 g/mol. The molecule has 2 aromatic heterocycles. The van der Waals surface area contributed by atoms with Gasteiger partial charge in [-0.25, -0.2) is 22.9 Å². The second kappa shape index (κ2) is 9.86. The van der Waals surface area contributed by atoms with Crippen molar-refractivity contribution in [2.24, 2.45) is 0 Å². The van der Waals surface area contributed by atoms with E-state index in [1.165, 1.54) is 17.2 Å². The molecule has 0 fully saturated rings. The number of carbonyl (C=O) groups excluding carboxylic acids is 1. The average molecular weight is 510 g/mol. The lowest BCUT2D eigenvalue weighted by atomic mass is 9.97. The summed E-state index contributed by atoms with van der Waals surface area (Å²) in [7, 11) is 0.991. The molecule has 0 aliphatic rings. The standard InChI is InChI=1S/C25H27N5O5S/c1-16-17(2)27-35-23(16)28-36(32,33)22-9-7-6-8-21(22)20-11-10-18(24-26-12-13-34-24)14-19(20)15-30(5)25(31)29(3)4/h6-14,28H,15H2,1-5H3. The number of aryl methyl sites for hydroxylation is 1. The molecule has 2 aromatic carbocycles. The normalized spacial score (nSPS) is 11.4. The number of amides is 2. The Hall–Kier alpha value is -4.12. The van der Waals surface area contributed by atoms with Crippen LogP contribution in [-0.4, -0.2) is 55.5 Å². The van der Waals surface area contributed by atoms with Gasteiger partial charge in [-0.3, -0.25) is 0 Å². The molecular weight excluding hydrogens is 482 g/mol. The van der Waals surface area contributed by atoms with Gasteiger partial charge in [0.25, 0.3) is 10.0 Å². The van der Waals surface area contributed by atoms with Crippen LogP contribution in [0.25, 0.3) is 22.6 Å². The van der Waals surface area contributed by atoms with E-state index in [-0.39, 0.29) is 23.4 Å². The van der Waals surface area contributed by atoms with Crippen LogP contribution in [-0.2, 0) is 16.6 Å². The summed E-state index contributed by atoms with van der Waals surface area (Å²) in [6.07, 6.45) is 3.02. The van der Waals surface area contributed by atoms with Crippen molar-refractivity contribution in [2.75, 3.05) is 25.9 Å². The van der Waals surface area contributed by atoms with Crippen molar-refractivity contribution < 1.29 is 22.2 Å². The zero-order chi connectivity index (χ0) is 26.0. The van der Waals surface area contributed by atoms with E-state index in [4.69, 9.17) is 8.94 Å². The van der Waals surface area contributed by atoms with Crippen LogP contribution in [0, 0.1) is 13.8 Å². The molecule has 0 bridgehead atoms. The summed E-state index contributed by atoms with van der Waals surface area (Å²) in [6.45, 7) is 3.69. The van der Waals surface area contributed by atoms with Crippen LogP contribution >= 0.6 is 0 Å². The summed E-state index contributed by atoms with van der Waals surface area (Å²) in [5.41, 5.74) is 3.75. The first-order valence-corrected chi connectivity index (χ1v) is 12.6. The zero-order valence-electron chi connectivity index (χ0n) is 20.6. The Morgan fingerprint density at radius 1 is 1.06 bits per heavy atom. The minimum absolute atomic E-state index is 0.0603. The van der Waals surface area contributed by atoms with E-state index in [1.807, 2.05) is 6.07 Å². The molecule has 2 amide bonds. The molecule has 11 heteroatoms. The van der Waals surface area contributed by atoms with Crippen molar-refractivity contribution in [3.05, 3.63) is 71.7 Å². The number of benzene rings is 2. The van der Waals surface area contributed by atoms with Gasteiger partial charge in [-0.15, -0.1) is 0 Å². The van der Waals surface area contributed by atoms with Gasteiger partial charge in [0.2, 0.25) is 11.8 Å². The highest BCUT2D eigenvalue weighted by Crippen LogP contribution is 2.34. The highest BCUT2D eigenvalue weighted by Gasteiger charge is 2.25. The van der Waals surface area contributed by atoms with Crippen LogP contribution in [0.15, 0.2) is 68.8 Å². The molecular formula is C25H27N5O5S. The summed E-state index contributed by atoms with van der Waals surface area (Å²) in [4.78, 5) is 19.9. The van der Waals surface area contributed by atoms with Gasteiger partial charge in [-0.1, -0.05) is 29.4 Å². The van der Waals surface area contributed by atoms with Gasteiger partial charge in [-0.2, -0.15) is 0 Å². The first kappa shape index (κ1) is 25.0. The fraction of sp³-hybridized carbons (Fsp3) is 0.240. The molecule has 0 atom stereocenters. The lowest BCUT2D eigenvalue weighted by Crippen LogP contribution is -2.35. The number of rotatable bonds is 7. The number of hydrogen-bond acceptors (Lipinski definition) is 7. The van der Waals surface area contributed by atoms with Crippen LogP contribution in [0.4, 0.5) is 10.7 Å². The molecule has 2 heterocycles. The van der Waals surface area contributed by atoms with E-state index in [0.29, 0.717) is 33.8 Å². The van der Waals surface area contributed by atoms with Crippen LogP contribution in [0.1, 0.15) is 16.8 Å². The van der Waals surface area contributed by atoms with Crippen molar-refractivity contribution >= 4 is 21.9 Å². The van der Waals surface area contributed by atoms with E-state index >= 15 is 0 Å². The summed E-state index contributed by atoms with van der Waals surface area (Å²) >= 11 is 0. The molecule has 0 saturated carbocycles. The number of oxazole rings is 1. The smallest absolute Gasteiger partial charge is 0.319 e. The highest BCUT2D eigenvalue weighted by atomic mass is 32.2. The number of urea groups is 1. The fourth-order valence-electron chi connectivity index (χ4n) is 3.76. The van der Waals surface area contributed by atoms with Gasteiger partial charge in [0.1, 0.15) is 6.26 Å². The van der Waals surface area contributed by atoms with E-state index in [2.05, 4.69) is 14.9 Å². The van der Waals surface area contributed by atoms with Crippen LogP contribution in [0.2, 0.25) is 0 Å². The Bertz CT molecular complexity index is 1490. The number of anilines is 1. The Balaban J connectivity index is 1.82. The topological polar surface area (TPSA) is 122 Å². The molecule has 0 saturated heterocycles. The molecule has 0 spiro atoms. The van der Waals surface area contributed by atoms with Crippen molar-refractivity contribution in [1.82, 2.24) is 19.9 Å². The summed E-state index contributed by atoms with van der Waals surface area (Å²) < 4.78 is 40.0. The van der Waals surface area contributed by atoms with Crippen LogP contribution < -0.4 is 4.72 Å². The van der Waals surface area contributed by atoms with Crippen LogP contribution in [0.3, 0.4) is 0 Å². The molecule has 10 nitrogen and oxygen atoms in total. The molecule has 4 aromatic rings. The zero-order valence-corrected chi connectivity index (χ0v) is 21.5. The molecule has 0 unspecified atom stereocenters. The molecule has 1 N–H and O–H groups in total. The van der Waals surface area contributed by atoms with Gasteiger partial charge in [0.05, 0.1) is 16.8 Å². The van der Waals surface area contributed by atoms with Crippen molar-refractivity contribution in [2.45, 2.75) is 25.3 Å². The van der Waals surface area contributed by atoms with E-state index in [0.717, 1.165) is 5.56 Å². The van der Waals surface area contributed by atoms with E-state index in [1.54, 1.807) is 76.4 Å². The maximum absolute atomic E-state index is 13.4. The fourth-order valence-corrected chi connectivity index (χ4v) is 5.03. The third-order valence-corrected chi connectivity index (χ3v) is 7.14. The predicted octanol–water partition coefficient (Wildman–Crippen LogP) is 4.53. The molecule has 36 heavy (non-hydrogen) atoms. The average Bonchev–Trinajstić information content (AvgIpc) is 3.50. The molecule has 0 aliphatic carbocycles. The van der Waals surface area contributed by atoms with Crippen molar-refractivity contribution in [1.29, 1.82) is 0 Å². The summed E-state index contributed by atoms with van der Waals surface area (Å²) in [6, 6.07) is 11.9. The largest absolute Gasteiger partial charge is 0.445 e. The molecule has 188 valence electrons. The van der Waals surface area contributed by atoms with Gasteiger partial charge in [0.15, 0.2) is 0 Å². The maximum Gasteiger partial charge on any atom is 0.319 e. The summed E-state index contributed by atoms with van der Waals surface area (Å²) in [5, 5.41) is 3.83. The van der Waals surface area contributed by atoms with Crippen molar-refractivity contribution in [3.63, 3.8) is 0 Å². The SMILES string of the molecule is Cc1noc(NS(=O)(=O)c2ccccc2-c2ccc(-c3ncco3)cc2CN(C)C(=O)N(C)C)c1C. The minimum atomic E-state index is -4.03. The quantitative estimate of drug-likeness (QED) is 0.388. The first-order chi connectivity index (χ1) is 17.1. The third kappa shape index (κ3) is 4.96. The number of nitrogens with zero attached hydrogens (tertiary/aromatic N) is 4. The van der Waals surface area contributed by atoms with E-state index < -0.39 is 10.0 Å². The lowest BCUT2D eigenvalue weighted by molar-refractivity contribution is 0.180. The number of nitrogens with one attached hydrogen (secondary N) is 1. The number of sulfonamides is 1. The van der Waals surface area contributed by atoms with Gasteiger partial charge in [0, 0.05) is 44.4 Å². The predicted molar refractivity (Wildman–Crippen MR) is 135 cm³/mol. The Morgan fingerprint density at radius 3 is 2.44 bits per heavy atom. The van der Waals surface area contributed by atoms with Gasteiger partial charge < -0.3 is 18.7 Å². The molecule has 4 rings (SSSR count). The van der Waals surface area contributed by atoms with Gasteiger partial charge >= 0.3 is 6.03 Å². The Labute approximate surface area is 209 Å². The highest BCUT2D eigenvalue weighted by molar-refractivity contribution is 7.92. The Morgan fingerprint density at radius 2 is 1.81 bits per heavy atom. The minimum Gasteiger partial charge on any atom is -0.445 e. The summed E-state index contributed by atoms with van der Waals surface area (Å²) in [5.74, 6) is 0.487. The van der Waals surface area contributed by atoms with Crippen LogP contribution in [0.5, 0.6) is 0 Å².